The Balaban J connectivity index is 1.94. The lowest BCUT2D eigenvalue weighted by Crippen LogP contribution is -2.14. The van der Waals surface area contributed by atoms with Crippen LogP contribution < -0.4 is 11.3 Å². The number of hydrogen-bond donors (Lipinski definition) is 2. The van der Waals surface area contributed by atoms with E-state index in [9.17, 15) is 0 Å². The summed E-state index contributed by atoms with van der Waals surface area (Å²) in [4.78, 5) is 13.1. The summed E-state index contributed by atoms with van der Waals surface area (Å²) in [6.45, 7) is 0. The number of aromatic nitrogens is 3. The zero-order valence-corrected chi connectivity index (χ0v) is 10.6. The van der Waals surface area contributed by atoms with Gasteiger partial charge in [0.05, 0.1) is 5.69 Å². The van der Waals surface area contributed by atoms with Crippen LogP contribution in [0.4, 0.5) is 5.82 Å². The molecule has 0 saturated heterocycles. The fourth-order valence-corrected chi connectivity index (χ4v) is 3.03. The van der Waals surface area contributed by atoms with Crippen molar-refractivity contribution in [2.45, 2.75) is 17.9 Å². The molecule has 6 heteroatoms. The van der Waals surface area contributed by atoms with Crippen LogP contribution in [0.2, 0.25) is 0 Å². The summed E-state index contributed by atoms with van der Waals surface area (Å²) >= 11 is 1.84. The Bertz CT molecular complexity index is 558. The molecule has 3 rings (SSSR count). The summed E-state index contributed by atoms with van der Waals surface area (Å²) < 4.78 is 0. The third kappa shape index (κ3) is 2.16. The molecule has 0 atom stereocenters. The molecule has 1 aliphatic heterocycles. The molecule has 5 nitrogen and oxygen atoms in total. The van der Waals surface area contributed by atoms with Gasteiger partial charge in [-0.15, -0.1) is 0 Å². The zero-order chi connectivity index (χ0) is 12.4. The third-order valence-electron chi connectivity index (χ3n) is 2.87. The quantitative estimate of drug-likeness (QED) is 0.642. The minimum Gasteiger partial charge on any atom is -0.308 e. The first-order valence-corrected chi connectivity index (χ1v) is 6.84. The predicted octanol–water partition coefficient (Wildman–Crippen LogP) is 1.49. The Morgan fingerprint density at radius 3 is 2.83 bits per heavy atom. The normalized spacial score (nSPS) is 13.4. The number of anilines is 1. The van der Waals surface area contributed by atoms with Crippen LogP contribution in [0.3, 0.4) is 0 Å². The van der Waals surface area contributed by atoms with Crippen molar-refractivity contribution in [1.82, 2.24) is 15.0 Å². The van der Waals surface area contributed by atoms with Gasteiger partial charge < -0.3 is 5.43 Å². The standard InChI is InChI=1S/C12H13N5S/c13-17-12-9-6-18-7-10(9)15-11(16-12)5-8-1-3-14-4-2-8/h1-4H,5-7,13H2,(H,15,16,17). The van der Waals surface area contributed by atoms with E-state index < -0.39 is 0 Å². The molecule has 0 unspecified atom stereocenters. The maximum Gasteiger partial charge on any atom is 0.148 e. The number of nitrogen functional groups attached to an aromatic ring is 1. The smallest absolute Gasteiger partial charge is 0.148 e. The lowest BCUT2D eigenvalue weighted by atomic mass is 10.2. The molecule has 2 aromatic heterocycles. The van der Waals surface area contributed by atoms with Gasteiger partial charge in [0.25, 0.3) is 0 Å². The van der Waals surface area contributed by atoms with Crippen LogP contribution in [0.25, 0.3) is 0 Å². The average Bonchev–Trinajstić information content (AvgIpc) is 2.87. The van der Waals surface area contributed by atoms with Gasteiger partial charge in [-0.3, -0.25) is 4.98 Å². The highest BCUT2D eigenvalue weighted by Gasteiger charge is 2.19. The fourth-order valence-electron chi connectivity index (χ4n) is 1.98. The molecule has 0 radical (unpaired) electrons. The number of nitrogens with one attached hydrogen (secondary N) is 1. The van der Waals surface area contributed by atoms with Crippen LogP contribution in [0, 0.1) is 0 Å². The third-order valence-corrected chi connectivity index (χ3v) is 3.84. The number of nitrogens with zero attached hydrogens (tertiary/aromatic N) is 3. The summed E-state index contributed by atoms with van der Waals surface area (Å²) in [5.41, 5.74) is 6.07. The summed E-state index contributed by atoms with van der Waals surface area (Å²) in [6, 6.07) is 3.95. The molecule has 0 spiro atoms. The van der Waals surface area contributed by atoms with E-state index in [2.05, 4.69) is 20.4 Å². The van der Waals surface area contributed by atoms with E-state index >= 15 is 0 Å². The van der Waals surface area contributed by atoms with Crippen molar-refractivity contribution in [3.05, 3.63) is 47.2 Å². The topological polar surface area (TPSA) is 76.7 Å². The lowest BCUT2D eigenvalue weighted by Gasteiger charge is -2.08. The maximum absolute atomic E-state index is 5.53. The Kier molecular flexibility index (Phi) is 3.12. The molecule has 0 aromatic carbocycles. The molecule has 0 aliphatic carbocycles. The molecule has 3 heterocycles. The van der Waals surface area contributed by atoms with E-state index in [0.29, 0.717) is 6.42 Å². The molecule has 0 fully saturated rings. The second kappa shape index (κ2) is 4.91. The first-order chi connectivity index (χ1) is 8.86. The summed E-state index contributed by atoms with van der Waals surface area (Å²) in [7, 11) is 0. The first-order valence-electron chi connectivity index (χ1n) is 5.69. The SMILES string of the molecule is NNc1nc(Cc2ccncc2)nc2c1CSC2. The van der Waals surface area contributed by atoms with Crippen LogP contribution in [0.5, 0.6) is 0 Å². The minimum absolute atomic E-state index is 0.704. The largest absolute Gasteiger partial charge is 0.308 e. The van der Waals surface area contributed by atoms with Gasteiger partial charge >= 0.3 is 0 Å². The van der Waals surface area contributed by atoms with E-state index in [1.807, 2.05) is 23.9 Å². The molecule has 18 heavy (non-hydrogen) atoms. The van der Waals surface area contributed by atoms with Crippen LogP contribution in [-0.2, 0) is 17.9 Å². The molecule has 0 amide bonds. The lowest BCUT2D eigenvalue weighted by molar-refractivity contribution is 0.924. The van der Waals surface area contributed by atoms with Crippen molar-refractivity contribution >= 4 is 17.6 Å². The van der Waals surface area contributed by atoms with Gasteiger partial charge in [0.1, 0.15) is 11.6 Å². The maximum atomic E-state index is 5.53. The molecule has 1 aliphatic rings. The number of hydrogen-bond acceptors (Lipinski definition) is 6. The molecular formula is C12H13N5S. The van der Waals surface area contributed by atoms with Crippen molar-refractivity contribution in [3.8, 4) is 0 Å². The van der Waals surface area contributed by atoms with Gasteiger partial charge in [-0.2, -0.15) is 11.8 Å². The van der Waals surface area contributed by atoms with Crippen LogP contribution in [-0.4, -0.2) is 15.0 Å². The average molecular weight is 259 g/mol. The van der Waals surface area contributed by atoms with Crippen LogP contribution in [0.1, 0.15) is 22.6 Å². The van der Waals surface area contributed by atoms with E-state index in [1.54, 1.807) is 12.4 Å². The van der Waals surface area contributed by atoms with Gasteiger partial charge in [0.2, 0.25) is 0 Å². The number of pyridine rings is 1. The minimum atomic E-state index is 0.704. The fraction of sp³-hybridized carbons (Fsp3) is 0.250. The number of thioether (sulfide) groups is 1. The molecule has 92 valence electrons. The Hall–Kier alpha value is -1.66. The second-order valence-electron chi connectivity index (χ2n) is 4.08. The van der Waals surface area contributed by atoms with Crippen molar-refractivity contribution in [3.63, 3.8) is 0 Å². The Labute approximate surface area is 109 Å². The monoisotopic (exact) mass is 259 g/mol. The highest BCUT2D eigenvalue weighted by Crippen LogP contribution is 2.32. The Morgan fingerprint density at radius 1 is 1.22 bits per heavy atom. The zero-order valence-electron chi connectivity index (χ0n) is 9.76. The highest BCUT2D eigenvalue weighted by molar-refractivity contribution is 7.98. The molecule has 2 aromatic rings. The predicted molar refractivity (Wildman–Crippen MR) is 71.9 cm³/mol. The van der Waals surface area contributed by atoms with Crippen molar-refractivity contribution < 1.29 is 0 Å². The molecule has 0 bridgehead atoms. The summed E-state index contributed by atoms with van der Waals surface area (Å²) in [5, 5.41) is 0. The second-order valence-corrected chi connectivity index (χ2v) is 5.07. The van der Waals surface area contributed by atoms with E-state index in [0.717, 1.165) is 40.0 Å². The number of rotatable bonds is 3. The molecule has 3 N–H and O–H groups in total. The van der Waals surface area contributed by atoms with E-state index in [1.165, 1.54) is 0 Å². The summed E-state index contributed by atoms with van der Waals surface area (Å²) in [6.07, 6.45) is 4.26. The van der Waals surface area contributed by atoms with E-state index in [4.69, 9.17) is 5.84 Å². The highest BCUT2D eigenvalue weighted by atomic mass is 32.2. The first kappa shape index (κ1) is 11.4. The van der Waals surface area contributed by atoms with Crippen LogP contribution in [0.15, 0.2) is 24.5 Å². The molecular weight excluding hydrogens is 246 g/mol. The van der Waals surface area contributed by atoms with Gasteiger partial charge in [-0.1, -0.05) is 0 Å². The Morgan fingerprint density at radius 2 is 2.06 bits per heavy atom. The van der Waals surface area contributed by atoms with Gasteiger partial charge in [-0.25, -0.2) is 15.8 Å². The number of hydrazine groups is 1. The van der Waals surface area contributed by atoms with Crippen LogP contribution >= 0.6 is 11.8 Å². The van der Waals surface area contributed by atoms with Gasteiger partial charge in [0, 0.05) is 35.9 Å². The number of fused-ring (bicyclic) bond motifs is 1. The van der Waals surface area contributed by atoms with Crippen molar-refractivity contribution in [2.24, 2.45) is 5.84 Å². The van der Waals surface area contributed by atoms with Crippen molar-refractivity contribution in [1.29, 1.82) is 0 Å². The van der Waals surface area contributed by atoms with Crippen molar-refractivity contribution in [2.75, 3.05) is 5.43 Å². The number of nitrogens with two attached hydrogens (primary N) is 1. The van der Waals surface area contributed by atoms with E-state index in [-0.39, 0.29) is 0 Å². The van der Waals surface area contributed by atoms with Gasteiger partial charge in [0.15, 0.2) is 0 Å². The van der Waals surface area contributed by atoms with Gasteiger partial charge in [-0.05, 0) is 17.7 Å². The summed E-state index contributed by atoms with van der Waals surface area (Å²) in [5.74, 6) is 8.96. The molecule has 0 saturated carbocycles.